The van der Waals surface area contributed by atoms with E-state index in [-0.39, 0.29) is 5.78 Å². The Hall–Kier alpha value is -3.70. The maximum absolute atomic E-state index is 11.6. The first-order chi connectivity index (χ1) is 16.4. The highest BCUT2D eigenvalue weighted by atomic mass is 16.5. The predicted molar refractivity (Wildman–Crippen MR) is 134 cm³/mol. The lowest BCUT2D eigenvalue weighted by molar-refractivity contribution is -0.149. The van der Waals surface area contributed by atoms with Crippen molar-refractivity contribution in [2.24, 2.45) is 0 Å². The van der Waals surface area contributed by atoms with Crippen molar-refractivity contribution >= 4 is 17.3 Å². The van der Waals surface area contributed by atoms with Crippen LogP contribution in [0.3, 0.4) is 0 Å². The van der Waals surface area contributed by atoms with Crippen LogP contribution in [0.15, 0.2) is 78.9 Å². The van der Waals surface area contributed by atoms with Gasteiger partial charge in [0.1, 0.15) is 12.4 Å². The highest BCUT2D eigenvalue weighted by Crippen LogP contribution is 2.24. The third kappa shape index (κ3) is 6.90. The Balaban J connectivity index is 1.57. The number of ketones is 1. The molecule has 0 aliphatic heterocycles. The molecule has 0 fully saturated rings. The van der Waals surface area contributed by atoms with E-state index in [4.69, 9.17) is 9.47 Å². The van der Waals surface area contributed by atoms with Gasteiger partial charge >= 0.3 is 5.97 Å². The largest absolute Gasteiger partial charge is 0.490 e. The molecule has 0 saturated heterocycles. The third-order valence-electron chi connectivity index (χ3n) is 5.57. The molecule has 0 aliphatic carbocycles. The minimum atomic E-state index is -0.958. The van der Waals surface area contributed by atoms with Crippen LogP contribution in [0.5, 0.6) is 5.75 Å². The summed E-state index contributed by atoms with van der Waals surface area (Å²) in [5.74, 6) is -0.181. The van der Waals surface area contributed by atoms with Crippen molar-refractivity contribution < 1.29 is 24.2 Å². The molecule has 0 radical (unpaired) electrons. The molecule has 1 N–H and O–H groups in total. The number of hydrogen-bond acceptors (Lipinski definition) is 4. The lowest BCUT2D eigenvalue weighted by Crippen LogP contribution is -2.26. The summed E-state index contributed by atoms with van der Waals surface area (Å²) in [6, 6.07) is 23.3. The van der Waals surface area contributed by atoms with Crippen LogP contribution in [0.2, 0.25) is 0 Å². The van der Waals surface area contributed by atoms with Crippen LogP contribution in [0.4, 0.5) is 0 Å². The van der Waals surface area contributed by atoms with Gasteiger partial charge in [0.05, 0.1) is 0 Å². The number of hydrogen-bond donors (Lipinski definition) is 1. The van der Waals surface area contributed by atoms with Gasteiger partial charge in [0, 0.05) is 18.6 Å². The minimum absolute atomic E-state index is 0.0573. The van der Waals surface area contributed by atoms with Crippen LogP contribution < -0.4 is 4.74 Å². The molecule has 5 heteroatoms. The number of benzene rings is 3. The van der Waals surface area contributed by atoms with Crippen LogP contribution in [0.1, 0.15) is 42.3 Å². The molecular weight excluding hydrogens is 428 g/mol. The van der Waals surface area contributed by atoms with E-state index in [1.165, 1.54) is 0 Å². The maximum Gasteiger partial charge on any atom is 0.333 e. The van der Waals surface area contributed by atoms with Crippen LogP contribution in [0.25, 0.3) is 16.7 Å². The second kappa shape index (κ2) is 12.0. The molecule has 0 bridgehead atoms. The molecular formula is C29H30O5. The zero-order valence-corrected chi connectivity index (χ0v) is 19.8. The van der Waals surface area contributed by atoms with Crippen molar-refractivity contribution in [2.45, 2.75) is 33.3 Å². The zero-order chi connectivity index (χ0) is 24.5. The predicted octanol–water partition coefficient (Wildman–Crippen LogP) is 6.07. The average Bonchev–Trinajstić information content (AvgIpc) is 2.84. The minimum Gasteiger partial charge on any atom is -0.490 e. The van der Waals surface area contributed by atoms with E-state index in [2.05, 4.69) is 24.3 Å². The van der Waals surface area contributed by atoms with Crippen LogP contribution in [-0.2, 0) is 16.0 Å². The maximum atomic E-state index is 11.6. The number of carboxylic acid groups (broad SMARTS) is 1. The van der Waals surface area contributed by atoms with E-state index in [0.717, 1.165) is 33.6 Å². The molecule has 3 aromatic carbocycles. The monoisotopic (exact) mass is 458 g/mol. The van der Waals surface area contributed by atoms with Gasteiger partial charge in [0.25, 0.3) is 0 Å². The van der Waals surface area contributed by atoms with Gasteiger partial charge in [-0.3, -0.25) is 4.79 Å². The molecule has 5 nitrogen and oxygen atoms in total. The topological polar surface area (TPSA) is 72.8 Å². The fourth-order valence-corrected chi connectivity index (χ4v) is 3.58. The Labute approximate surface area is 200 Å². The van der Waals surface area contributed by atoms with E-state index in [1.807, 2.05) is 61.5 Å². The van der Waals surface area contributed by atoms with Gasteiger partial charge in [0.15, 0.2) is 11.9 Å². The summed E-state index contributed by atoms with van der Waals surface area (Å²) in [6.07, 6.45) is 1.50. The molecule has 0 aliphatic rings. The molecule has 1 atom stereocenters. The molecule has 0 saturated carbocycles. The van der Waals surface area contributed by atoms with E-state index in [0.29, 0.717) is 25.2 Å². The smallest absolute Gasteiger partial charge is 0.333 e. The van der Waals surface area contributed by atoms with Crippen molar-refractivity contribution in [2.75, 3.05) is 13.2 Å². The van der Waals surface area contributed by atoms with Gasteiger partial charge in [-0.1, -0.05) is 54.6 Å². The number of allylic oxidation sites excluding steroid dienone is 1. The van der Waals surface area contributed by atoms with Gasteiger partial charge in [-0.15, -0.1) is 0 Å². The Morgan fingerprint density at radius 2 is 1.62 bits per heavy atom. The molecule has 176 valence electrons. The normalized spacial score (nSPS) is 12.3. The standard InChI is InChI=1S/C29H30O5/c1-4-33-28(29(31)32)18-22-8-14-27(15-9-22)34-17-16-20(2)23-10-12-24(13-11-23)26-7-5-6-25(19-26)21(3)30/h5-16,19,28H,4,17-18H2,1-3H3,(H,31,32). The van der Waals surface area contributed by atoms with Crippen molar-refractivity contribution in [1.82, 2.24) is 0 Å². The molecule has 1 unspecified atom stereocenters. The SMILES string of the molecule is CCOC(Cc1ccc(OCC=C(C)c2ccc(-c3cccc(C(C)=O)c3)cc2)cc1)C(=O)O. The first kappa shape index (κ1) is 24.9. The van der Waals surface area contributed by atoms with Gasteiger partial charge < -0.3 is 14.6 Å². The molecule has 3 aromatic rings. The number of carbonyl (C=O) groups excluding carboxylic acids is 1. The van der Waals surface area contributed by atoms with Crippen molar-refractivity contribution in [3.8, 4) is 16.9 Å². The summed E-state index contributed by atoms with van der Waals surface area (Å²) < 4.78 is 11.1. The van der Waals surface area contributed by atoms with Gasteiger partial charge in [-0.25, -0.2) is 4.79 Å². The molecule has 3 rings (SSSR count). The number of rotatable bonds is 11. The fourth-order valence-electron chi connectivity index (χ4n) is 3.58. The van der Waals surface area contributed by atoms with E-state index >= 15 is 0 Å². The summed E-state index contributed by atoms with van der Waals surface area (Å²) >= 11 is 0. The Bertz CT molecular complexity index is 1140. The molecule has 0 aromatic heterocycles. The summed E-state index contributed by atoms with van der Waals surface area (Å²) in [4.78, 5) is 22.9. The first-order valence-corrected chi connectivity index (χ1v) is 11.3. The van der Waals surface area contributed by atoms with Gasteiger partial charge in [0.2, 0.25) is 0 Å². The second-order valence-corrected chi connectivity index (χ2v) is 8.04. The third-order valence-corrected chi connectivity index (χ3v) is 5.57. The lowest BCUT2D eigenvalue weighted by atomic mass is 9.99. The summed E-state index contributed by atoms with van der Waals surface area (Å²) in [6.45, 7) is 6.18. The summed E-state index contributed by atoms with van der Waals surface area (Å²) in [7, 11) is 0. The van der Waals surface area contributed by atoms with Crippen molar-refractivity contribution in [3.63, 3.8) is 0 Å². The Morgan fingerprint density at radius 3 is 2.24 bits per heavy atom. The number of carbonyl (C=O) groups is 2. The van der Waals surface area contributed by atoms with Crippen molar-refractivity contribution in [1.29, 1.82) is 0 Å². The Kier molecular flexibility index (Phi) is 8.77. The van der Waals surface area contributed by atoms with E-state index < -0.39 is 12.1 Å². The molecule has 0 amide bonds. The number of Topliss-reactive ketones (excluding diaryl/α,β-unsaturated/α-hetero) is 1. The van der Waals surface area contributed by atoms with E-state index in [9.17, 15) is 14.7 Å². The summed E-state index contributed by atoms with van der Waals surface area (Å²) in [5, 5.41) is 9.22. The fraction of sp³-hybridized carbons (Fsp3) is 0.241. The highest BCUT2D eigenvalue weighted by Gasteiger charge is 2.17. The molecule has 34 heavy (non-hydrogen) atoms. The van der Waals surface area contributed by atoms with Gasteiger partial charge in [-0.2, -0.15) is 0 Å². The average molecular weight is 459 g/mol. The molecule has 0 heterocycles. The zero-order valence-electron chi connectivity index (χ0n) is 19.8. The number of carboxylic acids is 1. The summed E-state index contributed by atoms with van der Waals surface area (Å²) in [5.41, 5.74) is 5.87. The lowest BCUT2D eigenvalue weighted by Gasteiger charge is -2.12. The number of ether oxygens (including phenoxy) is 2. The van der Waals surface area contributed by atoms with Gasteiger partial charge in [-0.05, 0) is 72.9 Å². The molecule has 0 spiro atoms. The quantitative estimate of drug-likeness (QED) is 0.353. The van der Waals surface area contributed by atoms with Crippen LogP contribution in [0, 0.1) is 0 Å². The van der Waals surface area contributed by atoms with Crippen LogP contribution in [-0.4, -0.2) is 36.2 Å². The number of aliphatic carboxylic acids is 1. The van der Waals surface area contributed by atoms with Crippen molar-refractivity contribution in [3.05, 3.63) is 95.6 Å². The second-order valence-electron chi connectivity index (χ2n) is 8.04. The highest BCUT2D eigenvalue weighted by molar-refractivity contribution is 5.95. The first-order valence-electron chi connectivity index (χ1n) is 11.3. The van der Waals surface area contributed by atoms with E-state index in [1.54, 1.807) is 13.8 Å². The van der Waals surface area contributed by atoms with Crippen LogP contribution >= 0.6 is 0 Å². The Morgan fingerprint density at radius 1 is 0.912 bits per heavy atom.